The highest BCUT2D eigenvalue weighted by atomic mass is 16.2. The van der Waals surface area contributed by atoms with Crippen molar-refractivity contribution in [3.05, 3.63) is 0 Å². The fourth-order valence-electron chi connectivity index (χ4n) is 1.48. The quantitative estimate of drug-likeness (QED) is 0.616. The lowest BCUT2D eigenvalue weighted by Crippen LogP contribution is -2.34. The van der Waals surface area contributed by atoms with Crippen LogP contribution >= 0.6 is 0 Å². The Hall–Kier alpha value is -0.570. The second-order valence-corrected chi connectivity index (χ2v) is 4.35. The molecule has 0 aromatic rings. The lowest BCUT2D eigenvalue weighted by atomic mass is 9.86. The zero-order chi connectivity index (χ0) is 11.0. The Bertz CT molecular complexity index is 167. The summed E-state index contributed by atoms with van der Waals surface area (Å²) < 4.78 is 0. The number of aliphatic hydroxyl groups is 1. The monoisotopic (exact) mass is 201 g/mol. The fraction of sp³-hybridized carbons (Fsp3) is 0.909. The van der Waals surface area contributed by atoms with Gasteiger partial charge in [-0.05, 0) is 12.8 Å². The van der Waals surface area contributed by atoms with Crippen molar-refractivity contribution in [2.45, 2.75) is 46.0 Å². The SMILES string of the molecule is CNC(=O)C(C)(C)CCCCCCO. The molecule has 84 valence electrons. The van der Waals surface area contributed by atoms with Gasteiger partial charge in [-0.2, -0.15) is 0 Å². The van der Waals surface area contributed by atoms with Crippen LogP contribution in [0.25, 0.3) is 0 Å². The van der Waals surface area contributed by atoms with Gasteiger partial charge in [-0.15, -0.1) is 0 Å². The Labute approximate surface area is 86.9 Å². The van der Waals surface area contributed by atoms with Crippen molar-refractivity contribution < 1.29 is 9.90 Å². The predicted molar refractivity (Wildman–Crippen MR) is 58.0 cm³/mol. The highest BCUT2D eigenvalue weighted by Gasteiger charge is 2.25. The molecule has 0 unspecified atom stereocenters. The van der Waals surface area contributed by atoms with Gasteiger partial charge in [0.1, 0.15) is 0 Å². The summed E-state index contributed by atoms with van der Waals surface area (Å²) in [6.07, 6.45) is 5.00. The van der Waals surface area contributed by atoms with Gasteiger partial charge in [-0.25, -0.2) is 0 Å². The van der Waals surface area contributed by atoms with Crippen molar-refractivity contribution in [3.8, 4) is 0 Å². The summed E-state index contributed by atoms with van der Waals surface area (Å²) in [5.41, 5.74) is -0.256. The highest BCUT2D eigenvalue weighted by molar-refractivity contribution is 5.81. The van der Waals surface area contributed by atoms with Crippen LogP contribution in [0.2, 0.25) is 0 Å². The van der Waals surface area contributed by atoms with Gasteiger partial charge in [0.25, 0.3) is 0 Å². The normalized spacial score (nSPS) is 11.4. The first-order valence-corrected chi connectivity index (χ1v) is 5.37. The molecule has 0 bridgehead atoms. The van der Waals surface area contributed by atoms with Gasteiger partial charge in [-0.3, -0.25) is 4.79 Å². The average Bonchev–Trinajstić information content (AvgIpc) is 2.16. The Kier molecular flexibility index (Phi) is 6.54. The van der Waals surface area contributed by atoms with Gasteiger partial charge in [0.2, 0.25) is 5.91 Å². The van der Waals surface area contributed by atoms with Gasteiger partial charge < -0.3 is 10.4 Å². The van der Waals surface area contributed by atoms with E-state index in [0.717, 1.165) is 32.1 Å². The van der Waals surface area contributed by atoms with Crippen LogP contribution in [0.3, 0.4) is 0 Å². The van der Waals surface area contributed by atoms with Gasteiger partial charge in [0, 0.05) is 19.1 Å². The number of unbranched alkanes of at least 4 members (excludes halogenated alkanes) is 3. The zero-order valence-corrected chi connectivity index (χ0v) is 9.60. The van der Waals surface area contributed by atoms with Crippen molar-refractivity contribution in [1.29, 1.82) is 0 Å². The van der Waals surface area contributed by atoms with Crippen LogP contribution in [-0.4, -0.2) is 24.7 Å². The molecule has 0 atom stereocenters. The van der Waals surface area contributed by atoms with E-state index >= 15 is 0 Å². The zero-order valence-electron chi connectivity index (χ0n) is 9.60. The van der Waals surface area contributed by atoms with E-state index in [9.17, 15) is 4.79 Å². The molecule has 0 spiro atoms. The second-order valence-electron chi connectivity index (χ2n) is 4.35. The molecular formula is C11H23NO2. The Balaban J connectivity index is 3.60. The van der Waals surface area contributed by atoms with Crippen LogP contribution < -0.4 is 5.32 Å². The van der Waals surface area contributed by atoms with E-state index in [1.165, 1.54) is 0 Å². The minimum Gasteiger partial charge on any atom is -0.396 e. The summed E-state index contributed by atoms with van der Waals surface area (Å²) in [6, 6.07) is 0. The molecule has 3 nitrogen and oxygen atoms in total. The molecule has 0 aliphatic rings. The van der Waals surface area contributed by atoms with E-state index in [-0.39, 0.29) is 17.9 Å². The molecule has 0 heterocycles. The Morgan fingerprint density at radius 3 is 2.29 bits per heavy atom. The molecule has 0 aliphatic heterocycles. The van der Waals surface area contributed by atoms with E-state index in [4.69, 9.17) is 5.11 Å². The van der Waals surface area contributed by atoms with Crippen molar-refractivity contribution in [1.82, 2.24) is 5.32 Å². The van der Waals surface area contributed by atoms with Crippen LogP contribution in [0.5, 0.6) is 0 Å². The molecule has 0 fully saturated rings. The van der Waals surface area contributed by atoms with Crippen LogP contribution in [0, 0.1) is 5.41 Å². The molecule has 0 saturated carbocycles. The summed E-state index contributed by atoms with van der Waals surface area (Å²) in [5, 5.41) is 11.3. The molecule has 1 amide bonds. The van der Waals surface area contributed by atoms with E-state index < -0.39 is 0 Å². The lowest BCUT2D eigenvalue weighted by Gasteiger charge is -2.22. The lowest BCUT2D eigenvalue weighted by molar-refractivity contribution is -0.129. The summed E-state index contributed by atoms with van der Waals surface area (Å²) in [4.78, 5) is 11.4. The average molecular weight is 201 g/mol. The van der Waals surface area contributed by atoms with Crippen LogP contribution in [0.4, 0.5) is 0 Å². The van der Waals surface area contributed by atoms with Crippen LogP contribution in [-0.2, 0) is 4.79 Å². The molecule has 14 heavy (non-hydrogen) atoms. The first-order chi connectivity index (χ1) is 6.54. The number of rotatable bonds is 7. The molecule has 2 N–H and O–H groups in total. The molecular weight excluding hydrogens is 178 g/mol. The van der Waals surface area contributed by atoms with Crippen molar-refractivity contribution in [3.63, 3.8) is 0 Å². The Morgan fingerprint density at radius 1 is 1.21 bits per heavy atom. The van der Waals surface area contributed by atoms with E-state index in [1.807, 2.05) is 13.8 Å². The smallest absolute Gasteiger partial charge is 0.225 e. The van der Waals surface area contributed by atoms with Crippen molar-refractivity contribution in [2.24, 2.45) is 5.41 Å². The van der Waals surface area contributed by atoms with Gasteiger partial charge in [-0.1, -0.05) is 33.1 Å². The van der Waals surface area contributed by atoms with Crippen molar-refractivity contribution in [2.75, 3.05) is 13.7 Å². The predicted octanol–water partition coefficient (Wildman–Crippen LogP) is 1.70. The summed E-state index contributed by atoms with van der Waals surface area (Å²) in [5.74, 6) is 0.111. The number of carbonyl (C=O) groups excluding carboxylic acids is 1. The summed E-state index contributed by atoms with van der Waals surface area (Å²) >= 11 is 0. The first-order valence-electron chi connectivity index (χ1n) is 5.37. The second kappa shape index (κ2) is 6.82. The van der Waals surface area contributed by atoms with Crippen molar-refractivity contribution >= 4 is 5.91 Å². The number of hydrogen-bond donors (Lipinski definition) is 2. The molecule has 0 radical (unpaired) electrons. The number of hydrogen-bond acceptors (Lipinski definition) is 2. The maximum atomic E-state index is 11.4. The summed E-state index contributed by atoms with van der Waals surface area (Å²) in [7, 11) is 1.68. The number of aliphatic hydroxyl groups excluding tert-OH is 1. The van der Waals surface area contributed by atoms with Gasteiger partial charge in [0.05, 0.1) is 0 Å². The third-order valence-electron chi connectivity index (χ3n) is 2.55. The maximum Gasteiger partial charge on any atom is 0.225 e. The maximum absolute atomic E-state index is 11.4. The highest BCUT2D eigenvalue weighted by Crippen LogP contribution is 2.23. The molecule has 0 rings (SSSR count). The molecule has 0 saturated heterocycles. The van der Waals surface area contributed by atoms with Crippen LogP contribution in [0.1, 0.15) is 46.0 Å². The van der Waals surface area contributed by atoms with E-state index in [1.54, 1.807) is 7.05 Å². The first kappa shape index (κ1) is 13.4. The molecule has 3 heteroatoms. The van der Waals surface area contributed by atoms with Gasteiger partial charge >= 0.3 is 0 Å². The van der Waals surface area contributed by atoms with Crippen LogP contribution in [0.15, 0.2) is 0 Å². The fourth-order valence-corrected chi connectivity index (χ4v) is 1.48. The summed E-state index contributed by atoms with van der Waals surface area (Å²) in [6.45, 7) is 4.22. The molecule has 0 aliphatic carbocycles. The minimum absolute atomic E-state index is 0.111. The van der Waals surface area contributed by atoms with Gasteiger partial charge in [0.15, 0.2) is 0 Å². The number of carbonyl (C=O) groups is 1. The van der Waals surface area contributed by atoms with E-state index in [2.05, 4.69) is 5.32 Å². The minimum atomic E-state index is -0.256. The van der Waals surface area contributed by atoms with E-state index in [0.29, 0.717) is 0 Å². The molecule has 0 aromatic heterocycles. The number of amides is 1. The third-order valence-corrected chi connectivity index (χ3v) is 2.55. The Morgan fingerprint density at radius 2 is 1.79 bits per heavy atom. The third kappa shape index (κ3) is 5.22. The largest absolute Gasteiger partial charge is 0.396 e. The number of nitrogens with one attached hydrogen (secondary N) is 1. The standard InChI is InChI=1S/C11H23NO2/c1-11(2,10(14)12-3)8-6-4-5-7-9-13/h13H,4-9H2,1-3H3,(H,12,14). The topological polar surface area (TPSA) is 49.3 Å². The molecule has 0 aromatic carbocycles.